The number of nitrogens with zero attached hydrogens (tertiary/aromatic N) is 3. The van der Waals surface area contributed by atoms with Gasteiger partial charge in [0.05, 0.1) is 17.5 Å². The fraction of sp³-hybridized carbons (Fsp3) is 0.150. The number of alkyl halides is 3. The third-order valence-electron chi connectivity index (χ3n) is 4.08. The number of ketones is 1. The van der Waals surface area contributed by atoms with Crippen LogP contribution in [0.15, 0.2) is 59.3 Å². The Morgan fingerprint density at radius 3 is 2.77 bits per heavy atom. The number of rotatable bonds is 4. The Hall–Kier alpha value is -3.89. The molecule has 0 saturated carbocycles. The second-order valence-corrected chi connectivity index (χ2v) is 6.28. The second kappa shape index (κ2) is 8.86. The predicted molar refractivity (Wildman–Crippen MR) is 105 cm³/mol. The zero-order valence-electron chi connectivity index (χ0n) is 16.0. The van der Waals surface area contributed by atoms with E-state index in [9.17, 15) is 27.2 Å². The van der Waals surface area contributed by atoms with Crippen molar-refractivity contribution < 1.29 is 27.2 Å². The number of carbonyl (C=O) groups excluding carboxylic acids is 2. The Balaban J connectivity index is 1.88. The molecule has 1 aromatic carbocycles. The molecule has 0 saturated heterocycles. The first-order valence-corrected chi connectivity index (χ1v) is 8.86. The Morgan fingerprint density at radius 2 is 2.06 bits per heavy atom. The van der Waals surface area contributed by atoms with Crippen molar-refractivity contribution in [2.45, 2.75) is 12.6 Å². The molecule has 0 atom stereocenters. The summed E-state index contributed by atoms with van der Waals surface area (Å²) < 4.78 is 52.7. The Morgan fingerprint density at radius 1 is 1.29 bits per heavy atom. The van der Waals surface area contributed by atoms with Crippen LogP contribution < -0.4 is 10.6 Å². The van der Waals surface area contributed by atoms with Crippen LogP contribution in [0.1, 0.15) is 12.0 Å². The number of hydrogen-bond acceptors (Lipinski definition) is 6. The first-order valence-electron chi connectivity index (χ1n) is 8.86. The molecule has 2 N–H and O–H groups in total. The summed E-state index contributed by atoms with van der Waals surface area (Å²) in [7, 11) is 1.41. The molecule has 3 rings (SSSR count). The number of hydrogen-bond donors (Lipinski definition) is 2. The topological polar surface area (TPSA) is 96.3 Å². The molecule has 0 radical (unpaired) electrons. The zero-order valence-corrected chi connectivity index (χ0v) is 16.0. The molecule has 1 aromatic heterocycles. The number of nitrogens with one attached hydrogen (secondary N) is 2. The van der Waals surface area contributed by atoms with Crippen LogP contribution in [-0.2, 0) is 15.8 Å². The summed E-state index contributed by atoms with van der Waals surface area (Å²) >= 11 is 0. The van der Waals surface area contributed by atoms with Gasteiger partial charge in [-0.3, -0.25) is 9.59 Å². The fourth-order valence-electron chi connectivity index (χ4n) is 2.59. The summed E-state index contributed by atoms with van der Waals surface area (Å²) in [5.74, 6) is -2.59. The summed E-state index contributed by atoms with van der Waals surface area (Å²) in [6.45, 7) is 0. The highest BCUT2D eigenvalue weighted by atomic mass is 19.4. The van der Waals surface area contributed by atoms with E-state index < -0.39 is 35.1 Å². The molecule has 7 nitrogen and oxygen atoms in total. The summed E-state index contributed by atoms with van der Waals surface area (Å²) in [6, 6.07) is 4.16. The van der Waals surface area contributed by atoms with E-state index in [0.29, 0.717) is 0 Å². The zero-order chi connectivity index (χ0) is 22.6. The molecule has 31 heavy (non-hydrogen) atoms. The van der Waals surface area contributed by atoms with Gasteiger partial charge in [0.2, 0.25) is 11.7 Å². The molecule has 1 amide bonds. The third kappa shape index (κ3) is 5.38. The summed E-state index contributed by atoms with van der Waals surface area (Å²) in [6.07, 6.45) is 0.560. The summed E-state index contributed by atoms with van der Waals surface area (Å²) in [5, 5.41) is 4.82. The van der Waals surface area contributed by atoms with Gasteiger partial charge in [-0.25, -0.2) is 14.4 Å². The Bertz CT molecular complexity index is 1120. The minimum Gasteiger partial charge on any atom is -0.356 e. The van der Waals surface area contributed by atoms with Crippen LogP contribution in [0.2, 0.25) is 0 Å². The van der Waals surface area contributed by atoms with Crippen molar-refractivity contribution in [2.24, 2.45) is 4.99 Å². The van der Waals surface area contributed by atoms with Gasteiger partial charge in [0.1, 0.15) is 0 Å². The van der Waals surface area contributed by atoms with Gasteiger partial charge >= 0.3 is 6.18 Å². The smallest absolute Gasteiger partial charge is 0.356 e. The maximum absolute atomic E-state index is 14.1. The average molecular weight is 433 g/mol. The third-order valence-corrected chi connectivity index (χ3v) is 4.08. The van der Waals surface area contributed by atoms with Crippen LogP contribution in [0.3, 0.4) is 0 Å². The number of aliphatic imine (C=N–C) groups is 1. The van der Waals surface area contributed by atoms with Crippen LogP contribution in [0, 0.1) is 5.82 Å². The second-order valence-electron chi connectivity index (χ2n) is 6.28. The van der Waals surface area contributed by atoms with Gasteiger partial charge in [-0.05, 0) is 18.2 Å². The van der Waals surface area contributed by atoms with Gasteiger partial charge < -0.3 is 10.6 Å². The molecule has 11 heteroatoms. The summed E-state index contributed by atoms with van der Waals surface area (Å²) in [5.41, 5.74) is -0.830. The lowest BCUT2D eigenvalue weighted by Crippen LogP contribution is -2.22. The number of halogens is 4. The molecule has 0 spiro atoms. The maximum Gasteiger partial charge on any atom is 0.416 e. The number of carbonyl (C=O) groups is 2. The fourth-order valence-corrected chi connectivity index (χ4v) is 2.59. The van der Waals surface area contributed by atoms with E-state index in [1.54, 1.807) is 6.08 Å². The lowest BCUT2D eigenvalue weighted by Gasteiger charge is -2.11. The number of aromatic nitrogens is 2. The van der Waals surface area contributed by atoms with Crippen LogP contribution in [0.5, 0.6) is 0 Å². The van der Waals surface area contributed by atoms with E-state index in [4.69, 9.17) is 0 Å². The van der Waals surface area contributed by atoms with E-state index in [0.717, 1.165) is 24.4 Å². The minimum absolute atomic E-state index is 0.0225. The molecule has 160 valence electrons. The maximum atomic E-state index is 14.1. The van der Waals surface area contributed by atoms with E-state index in [-0.39, 0.29) is 29.3 Å². The number of likely N-dealkylation sites (N-methyl/N-ethyl adjacent to an activating group) is 1. The van der Waals surface area contributed by atoms with E-state index >= 15 is 0 Å². The van der Waals surface area contributed by atoms with E-state index in [1.165, 1.54) is 25.3 Å². The molecule has 0 fully saturated rings. The largest absolute Gasteiger partial charge is 0.416 e. The lowest BCUT2D eigenvalue weighted by molar-refractivity contribution is -0.137. The first kappa shape index (κ1) is 21.8. The van der Waals surface area contributed by atoms with Crippen molar-refractivity contribution in [3.05, 3.63) is 65.6 Å². The van der Waals surface area contributed by atoms with Crippen molar-refractivity contribution >= 4 is 34.9 Å². The highest BCUT2D eigenvalue weighted by molar-refractivity contribution is 6.48. The van der Waals surface area contributed by atoms with Crippen LogP contribution in [0.4, 0.5) is 35.0 Å². The molecule has 1 heterocycles. The lowest BCUT2D eigenvalue weighted by atomic mass is 9.98. The molecular weight excluding hydrogens is 418 g/mol. The molecule has 0 bridgehead atoms. The van der Waals surface area contributed by atoms with Crippen molar-refractivity contribution in [1.82, 2.24) is 15.3 Å². The molecule has 2 aromatic rings. The highest BCUT2D eigenvalue weighted by Crippen LogP contribution is 2.31. The van der Waals surface area contributed by atoms with Gasteiger partial charge in [0.25, 0.3) is 5.95 Å². The Labute approximate surface area is 173 Å². The van der Waals surface area contributed by atoms with Gasteiger partial charge in [-0.15, -0.1) is 0 Å². The number of amides is 1. The Kier molecular flexibility index (Phi) is 6.23. The standard InChI is InChI=1S/C20H15F4N5O2/c1-25-16(30)8-11-4-2-7-15(17(11)31)28-19-26-10-14(21)18(29-19)27-13-6-3-5-12(9-13)20(22,23)24/h2-6,8-10H,7H2,1H3,(H,25,30)(H,26,27,29). The van der Waals surface area contributed by atoms with Crippen molar-refractivity contribution in [1.29, 1.82) is 0 Å². The van der Waals surface area contributed by atoms with Gasteiger partial charge in [-0.1, -0.05) is 18.2 Å². The monoisotopic (exact) mass is 433 g/mol. The van der Waals surface area contributed by atoms with Crippen molar-refractivity contribution in [3.8, 4) is 0 Å². The number of Topliss-reactive ketones (excluding diaryl/α,β-unsaturated/α-hetero) is 1. The van der Waals surface area contributed by atoms with Crippen molar-refractivity contribution in [2.75, 3.05) is 12.4 Å². The van der Waals surface area contributed by atoms with Gasteiger partial charge in [0.15, 0.2) is 11.6 Å². The minimum atomic E-state index is -4.56. The highest BCUT2D eigenvalue weighted by Gasteiger charge is 2.30. The van der Waals surface area contributed by atoms with E-state index in [1.807, 2.05) is 0 Å². The van der Waals surface area contributed by atoms with Crippen LogP contribution >= 0.6 is 0 Å². The number of anilines is 2. The van der Waals surface area contributed by atoms with Crippen LogP contribution in [-0.4, -0.2) is 34.4 Å². The van der Waals surface area contributed by atoms with Gasteiger partial charge in [-0.2, -0.15) is 18.2 Å². The molecule has 1 aliphatic rings. The SMILES string of the molecule is CNC(=O)C=C1C=CCC(=Nc2ncc(F)c(Nc3cccc(C(F)(F)F)c3)n2)C1=O. The first-order chi connectivity index (χ1) is 14.7. The summed E-state index contributed by atoms with van der Waals surface area (Å²) in [4.78, 5) is 35.5. The predicted octanol–water partition coefficient (Wildman–Crippen LogP) is 3.65. The van der Waals surface area contributed by atoms with E-state index in [2.05, 4.69) is 25.6 Å². The normalized spacial score (nSPS) is 16.6. The molecule has 0 unspecified atom stereocenters. The van der Waals surface area contributed by atoms with Crippen molar-refractivity contribution in [3.63, 3.8) is 0 Å². The average Bonchev–Trinajstić information content (AvgIpc) is 2.73. The molecule has 0 aliphatic heterocycles. The van der Waals surface area contributed by atoms with Gasteiger partial charge in [0, 0.05) is 30.8 Å². The molecular formula is C20H15F4N5O2. The van der Waals surface area contributed by atoms with Crippen LogP contribution in [0.25, 0.3) is 0 Å². The number of allylic oxidation sites excluding steroid dienone is 3. The quantitative estimate of drug-likeness (QED) is 0.567. The molecule has 1 aliphatic carbocycles. The number of benzene rings is 1.